The number of ether oxygens (including phenoxy) is 1. The van der Waals surface area contributed by atoms with Gasteiger partial charge in [-0.15, -0.1) is 0 Å². The van der Waals surface area contributed by atoms with Crippen molar-refractivity contribution in [2.24, 2.45) is 0 Å². The normalized spacial score (nSPS) is 11.0. The van der Waals surface area contributed by atoms with E-state index in [9.17, 15) is 4.79 Å². The van der Waals surface area contributed by atoms with Crippen molar-refractivity contribution in [3.63, 3.8) is 0 Å². The highest BCUT2D eigenvalue weighted by atomic mass is 16.5. The number of anilines is 1. The third-order valence-corrected chi connectivity index (χ3v) is 5.62. The summed E-state index contributed by atoms with van der Waals surface area (Å²) in [5.41, 5.74) is 5.03. The van der Waals surface area contributed by atoms with Crippen molar-refractivity contribution < 1.29 is 9.53 Å². The van der Waals surface area contributed by atoms with E-state index in [1.165, 1.54) is 13.4 Å². The van der Waals surface area contributed by atoms with Gasteiger partial charge in [0.05, 0.1) is 12.8 Å². The molecule has 0 amide bonds. The average molecular weight is 532 g/mol. The molecule has 1 heterocycles. The first-order chi connectivity index (χ1) is 19.1. The van der Waals surface area contributed by atoms with Crippen molar-refractivity contribution >= 4 is 23.9 Å². The van der Waals surface area contributed by atoms with Crippen LogP contribution in [0.2, 0.25) is 0 Å². The Labute approximate surface area is 238 Å². The zero-order valence-corrected chi connectivity index (χ0v) is 22.1. The number of methoxy groups -OCH3 is 1. The van der Waals surface area contributed by atoms with Crippen LogP contribution in [0.5, 0.6) is 0 Å². The van der Waals surface area contributed by atoms with Crippen LogP contribution in [0.15, 0.2) is 135 Å². The Morgan fingerprint density at radius 1 is 0.850 bits per heavy atom. The molecule has 4 aromatic rings. The number of esters is 1. The van der Waals surface area contributed by atoms with Crippen molar-refractivity contribution in [3.05, 3.63) is 151 Å². The highest BCUT2D eigenvalue weighted by molar-refractivity contribution is 5.79. The Bertz CT molecular complexity index is 1370. The summed E-state index contributed by atoms with van der Waals surface area (Å²) in [5, 5.41) is 3.20. The van der Waals surface area contributed by atoms with Crippen LogP contribution in [0.3, 0.4) is 0 Å². The Kier molecular flexibility index (Phi) is 13.6. The van der Waals surface area contributed by atoms with Gasteiger partial charge in [-0.25, -0.2) is 14.8 Å². The summed E-state index contributed by atoms with van der Waals surface area (Å²) >= 11 is 0. The van der Waals surface area contributed by atoms with Gasteiger partial charge in [-0.2, -0.15) is 0 Å². The Hall–Kier alpha value is -5.03. The smallest absolute Gasteiger partial charge is 0.328 e. The molecule has 204 valence electrons. The maximum atomic E-state index is 12.3. The van der Waals surface area contributed by atoms with E-state index in [0.29, 0.717) is 12.2 Å². The summed E-state index contributed by atoms with van der Waals surface area (Å²) in [7, 11) is 1.39. The molecule has 40 heavy (non-hydrogen) atoms. The van der Waals surface area contributed by atoms with E-state index in [0.717, 1.165) is 27.9 Å². The molecule has 0 fully saturated rings. The van der Waals surface area contributed by atoms with Crippen LogP contribution >= 0.6 is 0 Å². The van der Waals surface area contributed by atoms with Gasteiger partial charge in [-0.3, -0.25) is 0 Å². The van der Waals surface area contributed by atoms with Crippen LogP contribution in [0.25, 0.3) is 23.4 Å². The number of carbonyl (C=O) groups excluding carboxylic acids is 1. The number of allylic oxidation sites excluding steroid dienone is 4. The van der Waals surface area contributed by atoms with E-state index in [4.69, 9.17) is 4.74 Å². The van der Waals surface area contributed by atoms with E-state index in [1.807, 2.05) is 78.9 Å². The zero-order valence-electron chi connectivity index (χ0n) is 22.1. The second kappa shape index (κ2) is 17.5. The van der Waals surface area contributed by atoms with Gasteiger partial charge >= 0.3 is 5.97 Å². The maximum Gasteiger partial charge on any atom is 0.328 e. The second-order valence-corrected chi connectivity index (χ2v) is 8.42. The molecule has 1 atom stereocenters. The monoisotopic (exact) mass is 531 g/mol. The Balaban J connectivity index is 0.000000723. The Morgan fingerprint density at radius 2 is 1.43 bits per heavy atom. The number of carbonyl (C=O) groups is 1. The van der Waals surface area contributed by atoms with E-state index >= 15 is 0 Å². The van der Waals surface area contributed by atoms with Gasteiger partial charge in [0.25, 0.3) is 0 Å². The molecule has 0 aliphatic carbocycles. The van der Waals surface area contributed by atoms with Crippen molar-refractivity contribution in [3.8, 4) is 11.3 Å². The minimum absolute atomic E-state index is 0. The minimum Gasteiger partial charge on any atom is -0.467 e. The average Bonchev–Trinajstić information content (AvgIpc) is 3.00. The summed E-state index contributed by atoms with van der Waals surface area (Å²) in [6.45, 7) is 6.93. The number of benzene rings is 3. The van der Waals surface area contributed by atoms with Gasteiger partial charge in [0, 0.05) is 18.1 Å². The number of nitrogens with zero attached hydrogens (tertiary/aromatic N) is 2. The predicted molar refractivity (Wildman–Crippen MR) is 169 cm³/mol. The number of hydrogen-bond acceptors (Lipinski definition) is 5. The standard InChI is InChI=1S/C28H25N3O2.C6H8.CH4/c1-33-28(32)26(18-23-10-6-3-7-11-23)31-27-19-25(29-20-30-27)24-16-14-22(15-17-24)13-12-21-8-4-2-5-9-21;1-3-5-6-4-2;/h2-17,19-20,26H,18H2,1H3,(H,29,30,31);3-6H,1-2H2;1H4/b13-12+;6-5-;. The van der Waals surface area contributed by atoms with E-state index < -0.39 is 6.04 Å². The van der Waals surface area contributed by atoms with Crippen LogP contribution in [0.1, 0.15) is 24.1 Å². The SMILES string of the molecule is C.C=C/C=C\C=C.COC(=O)C(Cc1ccccc1)Nc1cc(-c2ccc(/C=C/c3ccccc3)cc2)ncn1. The number of aromatic nitrogens is 2. The number of rotatable bonds is 10. The van der Waals surface area contributed by atoms with E-state index in [-0.39, 0.29) is 13.4 Å². The fraction of sp³-hybridized carbons (Fsp3) is 0.114. The fourth-order valence-corrected chi connectivity index (χ4v) is 3.64. The fourth-order valence-electron chi connectivity index (χ4n) is 3.64. The first-order valence-electron chi connectivity index (χ1n) is 12.6. The largest absolute Gasteiger partial charge is 0.467 e. The molecule has 4 rings (SSSR count). The van der Waals surface area contributed by atoms with Crippen LogP contribution in [-0.2, 0) is 16.0 Å². The molecule has 0 saturated carbocycles. The first kappa shape index (κ1) is 31.2. The van der Waals surface area contributed by atoms with Gasteiger partial charge < -0.3 is 10.1 Å². The molecule has 0 bridgehead atoms. The molecular weight excluding hydrogens is 494 g/mol. The molecule has 3 aromatic carbocycles. The quantitative estimate of drug-likeness (QED) is 0.127. The summed E-state index contributed by atoms with van der Waals surface area (Å²) < 4.78 is 4.99. The van der Waals surface area contributed by atoms with Crippen LogP contribution in [0.4, 0.5) is 5.82 Å². The summed E-state index contributed by atoms with van der Waals surface area (Å²) in [6, 6.07) is 29.5. The number of nitrogens with one attached hydrogen (secondary N) is 1. The third-order valence-electron chi connectivity index (χ3n) is 5.62. The van der Waals surface area contributed by atoms with Gasteiger partial charge in [-0.1, -0.05) is 142 Å². The second-order valence-electron chi connectivity index (χ2n) is 8.42. The molecule has 1 unspecified atom stereocenters. The Morgan fingerprint density at radius 3 is 2.00 bits per heavy atom. The lowest BCUT2D eigenvalue weighted by molar-refractivity contribution is -0.141. The van der Waals surface area contributed by atoms with Crippen LogP contribution < -0.4 is 5.32 Å². The maximum absolute atomic E-state index is 12.3. The van der Waals surface area contributed by atoms with Gasteiger partial charge in [0.1, 0.15) is 18.2 Å². The third kappa shape index (κ3) is 10.4. The lowest BCUT2D eigenvalue weighted by Crippen LogP contribution is -2.33. The van der Waals surface area contributed by atoms with Gasteiger partial charge in [-0.05, 0) is 16.7 Å². The highest BCUT2D eigenvalue weighted by Gasteiger charge is 2.20. The molecule has 0 spiro atoms. The van der Waals surface area contributed by atoms with Gasteiger partial charge in [0.15, 0.2) is 0 Å². The van der Waals surface area contributed by atoms with Crippen molar-refractivity contribution in [2.75, 3.05) is 12.4 Å². The molecule has 0 aliphatic heterocycles. The molecule has 1 aromatic heterocycles. The van der Waals surface area contributed by atoms with E-state index in [2.05, 4.69) is 64.9 Å². The van der Waals surface area contributed by atoms with E-state index in [1.54, 1.807) is 12.2 Å². The summed E-state index contributed by atoms with van der Waals surface area (Å²) in [6.07, 6.45) is 13.2. The van der Waals surface area contributed by atoms with Gasteiger partial charge in [0.2, 0.25) is 0 Å². The molecule has 5 nitrogen and oxygen atoms in total. The topological polar surface area (TPSA) is 64.1 Å². The molecule has 5 heteroatoms. The summed E-state index contributed by atoms with van der Waals surface area (Å²) in [5.74, 6) is 0.230. The summed E-state index contributed by atoms with van der Waals surface area (Å²) in [4.78, 5) is 21.0. The predicted octanol–water partition coefficient (Wildman–Crippen LogP) is 8.06. The van der Waals surface area contributed by atoms with Crippen molar-refractivity contribution in [1.82, 2.24) is 9.97 Å². The minimum atomic E-state index is -0.550. The van der Waals surface area contributed by atoms with Crippen molar-refractivity contribution in [2.45, 2.75) is 19.9 Å². The van der Waals surface area contributed by atoms with Crippen LogP contribution in [-0.4, -0.2) is 29.1 Å². The lowest BCUT2D eigenvalue weighted by Gasteiger charge is -2.17. The lowest BCUT2D eigenvalue weighted by atomic mass is 10.1. The molecule has 0 radical (unpaired) electrons. The molecular formula is C35H37N3O2. The first-order valence-corrected chi connectivity index (χ1v) is 12.6. The molecule has 1 N–H and O–H groups in total. The number of hydrogen-bond donors (Lipinski definition) is 1. The molecule has 0 saturated heterocycles. The van der Waals surface area contributed by atoms with Crippen molar-refractivity contribution in [1.29, 1.82) is 0 Å². The molecule has 0 aliphatic rings. The van der Waals surface area contributed by atoms with Crippen LogP contribution in [0, 0.1) is 0 Å². The zero-order chi connectivity index (χ0) is 27.7. The highest BCUT2D eigenvalue weighted by Crippen LogP contribution is 2.21.